The molecule has 0 spiro atoms. The average molecular weight is 282 g/mol. The molecule has 0 aromatic rings. The van der Waals surface area contributed by atoms with Gasteiger partial charge in [0.1, 0.15) is 12.1 Å². The fourth-order valence-corrected chi connectivity index (χ4v) is 2.81. The third-order valence-electron chi connectivity index (χ3n) is 4.30. The van der Waals surface area contributed by atoms with Crippen LogP contribution in [0.5, 0.6) is 0 Å². The number of hydrogen-bond acceptors (Lipinski definition) is 2. The highest BCUT2D eigenvalue weighted by Gasteiger charge is 2.40. The van der Waals surface area contributed by atoms with Crippen LogP contribution in [0.15, 0.2) is 0 Å². The van der Waals surface area contributed by atoms with Crippen molar-refractivity contribution in [3.8, 4) is 0 Å². The smallest absolute Gasteiger partial charge is 0.245 e. The van der Waals surface area contributed by atoms with Gasteiger partial charge in [0.2, 0.25) is 11.8 Å². The molecule has 4 heteroatoms. The van der Waals surface area contributed by atoms with Gasteiger partial charge in [0, 0.05) is 6.54 Å². The standard InChI is InChI=1S/C16H30N2O2/c1-5-7-8-9-10-11-18-14(12(3)6-2)15(19)17-13(4)16(18)20/h12-14H,5-11H2,1-4H3,(H,17,19). The fraction of sp³-hybridized carbons (Fsp3) is 0.875. The van der Waals surface area contributed by atoms with Crippen molar-refractivity contribution in [3.05, 3.63) is 0 Å². The molecule has 1 aliphatic heterocycles. The van der Waals surface area contributed by atoms with E-state index in [0.717, 1.165) is 25.8 Å². The number of amides is 2. The van der Waals surface area contributed by atoms with Crippen molar-refractivity contribution >= 4 is 11.8 Å². The molecule has 0 radical (unpaired) electrons. The highest BCUT2D eigenvalue weighted by Crippen LogP contribution is 2.21. The molecule has 4 nitrogen and oxygen atoms in total. The second kappa shape index (κ2) is 8.28. The third kappa shape index (κ3) is 4.22. The molecule has 116 valence electrons. The maximum absolute atomic E-state index is 12.3. The number of unbranched alkanes of at least 4 members (excludes halogenated alkanes) is 4. The molecule has 1 heterocycles. The SMILES string of the molecule is CCCCCCCN1C(=O)C(C)NC(=O)C1C(C)CC. The average Bonchev–Trinajstić information content (AvgIpc) is 2.43. The van der Waals surface area contributed by atoms with Gasteiger partial charge in [0.15, 0.2) is 0 Å². The van der Waals surface area contributed by atoms with Crippen LogP contribution >= 0.6 is 0 Å². The summed E-state index contributed by atoms with van der Waals surface area (Å²) in [5, 5.41) is 2.80. The molecule has 1 rings (SSSR count). The van der Waals surface area contributed by atoms with Gasteiger partial charge in [0.25, 0.3) is 0 Å². The minimum Gasteiger partial charge on any atom is -0.343 e. The largest absolute Gasteiger partial charge is 0.343 e. The van der Waals surface area contributed by atoms with E-state index in [4.69, 9.17) is 0 Å². The first-order valence-corrected chi connectivity index (χ1v) is 8.13. The van der Waals surface area contributed by atoms with Crippen molar-refractivity contribution in [2.24, 2.45) is 5.92 Å². The van der Waals surface area contributed by atoms with E-state index in [0.29, 0.717) is 0 Å². The van der Waals surface area contributed by atoms with E-state index in [9.17, 15) is 9.59 Å². The lowest BCUT2D eigenvalue weighted by molar-refractivity contribution is -0.151. The highest BCUT2D eigenvalue weighted by atomic mass is 16.2. The molecular weight excluding hydrogens is 252 g/mol. The molecule has 20 heavy (non-hydrogen) atoms. The van der Waals surface area contributed by atoms with Crippen molar-refractivity contribution in [1.82, 2.24) is 10.2 Å². The second-order valence-corrected chi connectivity index (χ2v) is 6.01. The number of nitrogens with one attached hydrogen (secondary N) is 1. The summed E-state index contributed by atoms with van der Waals surface area (Å²) in [5.41, 5.74) is 0. The quantitative estimate of drug-likeness (QED) is 0.696. The number of hydrogen-bond donors (Lipinski definition) is 1. The van der Waals surface area contributed by atoms with Crippen LogP contribution in [-0.2, 0) is 9.59 Å². The van der Waals surface area contributed by atoms with E-state index in [-0.39, 0.29) is 29.8 Å². The summed E-state index contributed by atoms with van der Waals surface area (Å²) in [4.78, 5) is 26.3. The first-order chi connectivity index (χ1) is 9.52. The maximum Gasteiger partial charge on any atom is 0.245 e. The Balaban J connectivity index is 2.63. The van der Waals surface area contributed by atoms with Gasteiger partial charge in [-0.25, -0.2) is 0 Å². The molecule has 1 aliphatic rings. The van der Waals surface area contributed by atoms with Gasteiger partial charge in [-0.2, -0.15) is 0 Å². The lowest BCUT2D eigenvalue weighted by atomic mass is 9.93. The Morgan fingerprint density at radius 1 is 1.15 bits per heavy atom. The number of piperazine rings is 1. The predicted octanol–water partition coefficient (Wildman–Crippen LogP) is 2.72. The van der Waals surface area contributed by atoms with Gasteiger partial charge in [-0.3, -0.25) is 9.59 Å². The summed E-state index contributed by atoms with van der Waals surface area (Å²) < 4.78 is 0. The van der Waals surface area contributed by atoms with Crippen molar-refractivity contribution in [2.75, 3.05) is 6.54 Å². The van der Waals surface area contributed by atoms with Gasteiger partial charge in [-0.1, -0.05) is 52.9 Å². The summed E-state index contributed by atoms with van der Waals surface area (Å²) in [6.07, 6.45) is 6.73. The van der Waals surface area contributed by atoms with Crippen LogP contribution in [0, 0.1) is 5.92 Å². The number of rotatable bonds is 8. The van der Waals surface area contributed by atoms with Crippen LogP contribution in [0.1, 0.15) is 66.2 Å². The summed E-state index contributed by atoms with van der Waals surface area (Å²) in [7, 11) is 0. The molecule has 3 atom stereocenters. The fourth-order valence-electron chi connectivity index (χ4n) is 2.81. The molecule has 3 unspecified atom stereocenters. The number of carbonyl (C=O) groups excluding carboxylic acids is 2. The van der Waals surface area contributed by atoms with Crippen molar-refractivity contribution in [1.29, 1.82) is 0 Å². The van der Waals surface area contributed by atoms with Gasteiger partial charge in [-0.05, 0) is 19.3 Å². The van der Waals surface area contributed by atoms with E-state index in [1.807, 2.05) is 4.90 Å². The van der Waals surface area contributed by atoms with Gasteiger partial charge in [-0.15, -0.1) is 0 Å². The summed E-state index contributed by atoms with van der Waals surface area (Å²) in [5.74, 6) is 0.299. The zero-order valence-electron chi connectivity index (χ0n) is 13.4. The lowest BCUT2D eigenvalue weighted by Crippen LogP contribution is -2.64. The lowest BCUT2D eigenvalue weighted by Gasteiger charge is -2.40. The molecule has 1 N–H and O–H groups in total. The maximum atomic E-state index is 12.3. The van der Waals surface area contributed by atoms with Crippen LogP contribution in [0.25, 0.3) is 0 Å². The molecule has 0 saturated carbocycles. The van der Waals surface area contributed by atoms with E-state index in [1.165, 1.54) is 19.3 Å². The molecule has 1 saturated heterocycles. The summed E-state index contributed by atoms with van der Waals surface area (Å²) >= 11 is 0. The topological polar surface area (TPSA) is 49.4 Å². The minimum absolute atomic E-state index is 0.0139. The highest BCUT2D eigenvalue weighted by molar-refractivity contribution is 5.96. The Hall–Kier alpha value is -1.06. The Labute approximate surface area is 123 Å². The first-order valence-electron chi connectivity index (χ1n) is 8.13. The zero-order chi connectivity index (χ0) is 15.1. The van der Waals surface area contributed by atoms with Crippen LogP contribution in [0.3, 0.4) is 0 Å². The zero-order valence-corrected chi connectivity index (χ0v) is 13.4. The minimum atomic E-state index is -0.376. The van der Waals surface area contributed by atoms with Crippen molar-refractivity contribution in [2.45, 2.75) is 78.3 Å². The summed E-state index contributed by atoms with van der Waals surface area (Å²) in [6, 6.07) is -0.659. The molecule has 0 bridgehead atoms. The van der Waals surface area contributed by atoms with E-state index < -0.39 is 0 Å². The monoisotopic (exact) mass is 282 g/mol. The molecule has 0 aromatic heterocycles. The number of carbonyl (C=O) groups is 2. The predicted molar refractivity (Wildman–Crippen MR) is 81.3 cm³/mol. The molecule has 2 amide bonds. The van der Waals surface area contributed by atoms with E-state index in [2.05, 4.69) is 26.1 Å². The molecule has 0 aromatic carbocycles. The molecule has 1 fully saturated rings. The summed E-state index contributed by atoms with van der Waals surface area (Å²) in [6.45, 7) is 8.81. The Morgan fingerprint density at radius 2 is 1.80 bits per heavy atom. The van der Waals surface area contributed by atoms with Gasteiger partial charge >= 0.3 is 0 Å². The van der Waals surface area contributed by atoms with E-state index >= 15 is 0 Å². The Bertz CT molecular complexity index is 330. The van der Waals surface area contributed by atoms with Gasteiger partial charge in [0.05, 0.1) is 0 Å². The van der Waals surface area contributed by atoms with Crippen molar-refractivity contribution < 1.29 is 9.59 Å². The second-order valence-electron chi connectivity index (χ2n) is 6.01. The normalized spacial score (nSPS) is 24.7. The van der Waals surface area contributed by atoms with Gasteiger partial charge < -0.3 is 10.2 Å². The van der Waals surface area contributed by atoms with Crippen molar-refractivity contribution in [3.63, 3.8) is 0 Å². The molecular formula is C16H30N2O2. The number of nitrogens with zero attached hydrogens (tertiary/aromatic N) is 1. The van der Waals surface area contributed by atoms with E-state index in [1.54, 1.807) is 6.92 Å². The van der Waals surface area contributed by atoms with Crippen LogP contribution in [-0.4, -0.2) is 35.3 Å². The third-order valence-corrected chi connectivity index (χ3v) is 4.30. The Kier molecular flexibility index (Phi) is 7.03. The molecule has 0 aliphatic carbocycles. The van der Waals surface area contributed by atoms with Crippen LogP contribution < -0.4 is 5.32 Å². The van der Waals surface area contributed by atoms with Crippen LogP contribution in [0.2, 0.25) is 0 Å². The van der Waals surface area contributed by atoms with Crippen LogP contribution in [0.4, 0.5) is 0 Å². The first kappa shape index (κ1) is 17.0. The Morgan fingerprint density at radius 3 is 2.40 bits per heavy atom.